The summed E-state index contributed by atoms with van der Waals surface area (Å²) in [5.41, 5.74) is 0.716. The van der Waals surface area contributed by atoms with Gasteiger partial charge < -0.3 is 5.32 Å². The second kappa shape index (κ2) is 9.15. The van der Waals surface area contributed by atoms with Gasteiger partial charge >= 0.3 is 0 Å². The largest absolute Gasteiger partial charge is 0.308 e. The van der Waals surface area contributed by atoms with Crippen molar-refractivity contribution in [2.45, 2.75) is 103 Å². The van der Waals surface area contributed by atoms with Crippen molar-refractivity contribution in [2.75, 3.05) is 19.6 Å². The zero-order valence-corrected chi connectivity index (χ0v) is 15.4. The highest BCUT2D eigenvalue weighted by Gasteiger charge is 2.41. The molecular weight excluding hydrogens is 256 g/mol. The lowest BCUT2D eigenvalue weighted by molar-refractivity contribution is 0.00799. The highest BCUT2D eigenvalue weighted by Crippen LogP contribution is 2.30. The third-order valence-electron chi connectivity index (χ3n) is 6.00. The lowest BCUT2D eigenvalue weighted by Gasteiger charge is -2.53. The van der Waals surface area contributed by atoms with Crippen LogP contribution in [-0.2, 0) is 0 Å². The third kappa shape index (κ3) is 5.25. The highest BCUT2D eigenvalue weighted by molar-refractivity contribution is 5.02. The summed E-state index contributed by atoms with van der Waals surface area (Å²) in [7, 11) is 0. The number of hydrogen-bond acceptors (Lipinski definition) is 2. The number of nitrogens with zero attached hydrogens (tertiary/aromatic N) is 1. The van der Waals surface area contributed by atoms with Crippen molar-refractivity contribution < 1.29 is 0 Å². The molecule has 0 radical (unpaired) electrons. The standard InChI is InChI=1S/C19H40N2/c1-6-10-11-12-13-14-15-21-17-19(8-3,9-4)20-16-18(21,5)7-2/h20H,6-17H2,1-5H3. The normalized spacial score (nSPS) is 26.1. The molecule has 0 aliphatic carbocycles. The molecule has 1 aliphatic heterocycles. The molecule has 1 aliphatic rings. The van der Waals surface area contributed by atoms with Gasteiger partial charge in [-0.2, -0.15) is 0 Å². The maximum absolute atomic E-state index is 3.88. The number of unbranched alkanes of at least 4 members (excludes halogenated alkanes) is 5. The molecule has 2 heteroatoms. The van der Waals surface area contributed by atoms with Gasteiger partial charge in [0.2, 0.25) is 0 Å². The van der Waals surface area contributed by atoms with E-state index in [0.717, 1.165) is 6.54 Å². The van der Waals surface area contributed by atoms with Gasteiger partial charge in [0.1, 0.15) is 0 Å². The van der Waals surface area contributed by atoms with E-state index in [4.69, 9.17) is 0 Å². The zero-order valence-electron chi connectivity index (χ0n) is 15.4. The number of rotatable bonds is 10. The molecule has 1 fully saturated rings. The monoisotopic (exact) mass is 296 g/mol. The molecule has 1 N–H and O–H groups in total. The fourth-order valence-corrected chi connectivity index (χ4v) is 3.61. The Hall–Kier alpha value is -0.0800. The van der Waals surface area contributed by atoms with Crippen molar-refractivity contribution in [3.05, 3.63) is 0 Å². The Kier molecular flexibility index (Phi) is 8.26. The molecule has 2 nitrogen and oxygen atoms in total. The van der Waals surface area contributed by atoms with Gasteiger partial charge in [-0.15, -0.1) is 0 Å². The van der Waals surface area contributed by atoms with Crippen LogP contribution < -0.4 is 5.32 Å². The predicted octanol–water partition coefficient (Wildman–Crippen LogP) is 4.98. The van der Waals surface area contributed by atoms with E-state index < -0.39 is 0 Å². The van der Waals surface area contributed by atoms with Crippen molar-refractivity contribution in [3.63, 3.8) is 0 Å². The molecule has 1 heterocycles. The van der Waals surface area contributed by atoms with Crippen molar-refractivity contribution in [1.82, 2.24) is 10.2 Å². The molecule has 1 unspecified atom stereocenters. The fourth-order valence-electron chi connectivity index (χ4n) is 3.61. The van der Waals surface area contributed by atoms with E-state index in [1.54, 1.807) is 0 Å². The predicted molar refractivity (Wildman–Crippen MR) is 95.0 cm³/mol. The van der Waals surface area contributed by atoms with E-state index in [2.05, 4.69) is 44.8 Å². The summed E-state index contributed by atoms with van der Waals surface area (Å²) < 4.78 is 0. The molecule has 0 amide bonds. The average Bonchev–Trinajstić information content (AvgIpc) is 2.52. The highest BCUT2D eigenvalue weighted by atomic mass is 15.3. The molecule has 0 bridgehead atoms. The van der Waals surface area contributed by atoms with Crippen molar-refractivity contribution in [1.29, 1.82) is 0 Å². The van der Waals surface area contributed by atoms with Crippen LogP contribution in [0.5, 0.6) is 0 Å². The van der Waals surface area contributed by atoms with Crippen LogP contribution >= 0.6 is 0 Å². The SMILES string of the molecule is CCCCCCCCN1CC(CC)(CC)NCC1(C)CC. The second-order valence-electron chi connectivity index (χ2n) is 7.38. The molecule has 126 valence electrons. The smallest absolute Gasteiger partial charge is 0.0304 e. The van der Waals surface area contributed by atoms with Crippen molar-refractivity contribution >= 4 is 0 Å². The van der Waals surface area contributed by atoms with Crippen LogP contribution in [0.4, 0.5) is 0 Å². The van der Waals surface area contributed by atoms with Gasteiger partial charge in [-0.1, -0.05) is 59.8 Å². The summed E-state index contributed by atoms with van der Waals surface area (Å²) in [4.78, 5) is 2.80. The van der Waals surface area contributed by atoms with Crippen molar-refractivity contribution in [3.8, 4) is 0 Å². The van der Waals surface area contributed by atoms with Crippen LogP contribution in [0.3, 0.4) is 0 Å². The topological polar surface area (TPSA) is 15.3 Å². The van der Waals surface area contributed by atoms with Crippen molar-refractivity contribution in [2.24, 2.45) is 0 Å². The molecular formula is C19H40N2. The summed E-state index contributed by atoms with van der Waals surface area (Å²) in [6.45, 7) is 15.5. The van der Waals surface area contributed by atoms with Gasteiger partial charge in [0, 0.05) is 24.2 Å². The zero-order chi connectivity index (χ0) is 15.8. The molecule has 0 spiro atoms. The van der Waals surface area contributed by atoms with Gasteiger partial charge in [-0.25, -0.2) is 0 Å². The van der Waals surface area contributed by atoms with Gasteiger partial charge in [0.25, 0.3) is 0 Å². The van der Waals surface area contributed by atoms with E-state index in [1.807, 2.05) is 0 Å². The number of hydrogen-bond donors (Lipinski definition) is 1. The molecule has 1 saturated heterocycles. The summed E-state index contributed by atoms with van der Waals surface area (Å²) in [5.74, 6) is 0. The van der Waals surface area contributed by atoms with E-state index in [0.29, 0.717) is 11.1 Å². The van der Waals surface area contributed by atoms with Gasteiger partial charge in [-0.05, 0) is 39.2 Å². The molecule has 1 rings (SSSR count). The lowest BCUT2D eigenvalue weighted by atomic mass is 9.83. The minimum absolute atomic E-state index is 0.358. The third-order valence-corrected chi connectivity index (χ3v) is 6.00. The van der Waals surface area contributed by atoms with Crippen LogP contribution in [0.15, 0.2) is 0 Å². The van der Waals surface area contributed by atoms with E-state index in [1.165, 1.54) is 70.9 Å². The quantitative estimate of drug-likeness (QED) is 0.572. The van der Waals surface area contributed by atoms with Crippen LogP contribution in [-0.4, -0.2) is 35.6 Å². The number of nitrogens with one attached hydrogen (secondary N) is 1. The van der Waals surface area contributed by atoms with Gasteiger partial charge in [0.15, 0.2) is 0 Å². The summed E-state index contributed by atoms with van der Waals surface area (Å²) >= 11 is 0. The molecule has 21 heavy (non-hydrogen) atoms. The van der Waals surface area contributed by atoms with Crippen LogP contribution in [0, 0.1) is 0 Å². The fraction of sp³-hybridized carbons (Fsp3) is 1.00. The minimum Gasteiger partial charge on any atom is -0.308 e. The van der Waals surface area contributed by atoms with E-state index in [9.17, 15) is 0 Å². The first kappa shape index (κ1) is 19.0. The first-order chi connectivity index (χ1) is 10.1. The summed E-state index contributed by atoms with van der Waals surface area (Å²) in [6, 6.07) is 0. The Labute approximate surface area is 134 Å². The Bertz CT molecular complexity index is 273. The Balaban J connectivity index is 2.48. The van der Waals surface area contributed by atoms with Crippen LogP contribution in [0.2, 0.25) is 0 Å². The van der Waals surface area contributed by atoms with Gasteiger partial charge in [0.05, 0.1) is 0 Å². The Morgan fingerprint density at radius 1 is 0.857 bits per heavy atom. The Morgan fingerprint density at radius 2 is 1.48 bits per heavy atom. The molecule has 0 aromatic rings. The molecule has 0 aromatic heterocycles. The maximum Gasteiger partial charge on any atom is 0.0304 e. The molecule has 0 aromatic carbocycles. The molecule has 0 saturated carbocycles. The first-order valence-electron chi connectivity index (χ1n) is 9.56. The summed E-state index contributed by atoms with van der Waals surface area (Å²) in [6.07, 6.45) is 12.1. The van der Waals surface area contributed by atoms with Crippen LogP contribution in [0.1, 0.15) is 92.4 Å². The van der Waals surface area contributed by atoms with Crippen LogP contribution in [0.25, 0.3) is 0 Å². The molecule has 1 atom stereocenters. The average molecular weight is 297 g/mol. The van der Waals surface area contributed by atoms with Gasteiger partial charge in [-0.3, -0.25) is 4.90 Å². The Morgan fingerprint density at radius 3 is 2.05 bits per heavy atom. The second-order valence-corrected chi connectivity index (χ2v) is 7.38. The number of piperazine rings is 1. The minimum atomic E-state index is 0.358. The maximum atomic E-state index is 3.88. The van der Waals surface area contributed by atoms with E-state index >= 15 is 0 Å². The first-order valence-corrected chi connectivity index (χ1v) is 9.56. The van der Waals surface area contributed by atoms with E-state index in [-0.39, 0.29) is 0 Å². The lowest BCUT2D eigenvalue weighted by Crippen LogP contribution is -2.68. The summed E-state index contributed by atoms with van der Waals surface area (Å²) in [5, 5.41) is 3.88.